The van der Waals surface area contributed by atoms with Crippen molar-refractivity contribution in [3.63, 3.8) is 0 Å². The maximum Gasteiger partial charge on any atom is 0.251 e. The molecular weight excluding hydrogens is 244 g/mol. The lowest BCUT2D eigenvalue weighted by molar-refractivity contribution is 0.0952. The van der Waals surface area contributed by atoms with Crippen LogP contribution in [0.3, 0.4) is 0 Å². The molecule has 100 valence electrons. The summed E-state index contributed by atoms with van der Waals surface area (Å²) in [5, 5.41) is 2.82. The molecule has 0 bridgehead atoms. The first-order valence-electron chi connectivity index (χ1n) is 5.88. The molecule has 2 rings (SSSR count). The molecular formula is C13H16N4O2. The van der Waals surface area contributed by atoms with Gasteiger partial charge in [-0.25, -0.2) is 4.98 Å². The quantitative estimate of drug-likeness (QED) is 0.783. The Morgan fingerprint density at radius 1 is 1.53 bits per heavy atom. The molecule has 0 radical (unpaired) electrons. The van der Waals surface area contributed by atoms with Crippen molar-refractivity contribution in [2.45, 2.75) is 6.54 Å². The highest BCUT2D eigenvalue weighted by atomic mass is 16.5. The normalized spacial score (nSPS) is 10.2. The molecule has 0 saturated heterocycles. The van der Waals surface area contributed by atoms with Gasteiger partial charge in [-0.15, -0.1) is 0 Å². The summed E-state index contributed by atoms with van der Waals surface area (Å²) in [5.41, 5.74) is 6.72. The standard InChI is InChI=1S/C13H16N4O2/c1-19-12-3-2-10(8-11(12)14)13(18)16-5-7-17-6-4-15-9-17/h2-4,6,8-9H,5,7,14H2,1H3,(H,16,18). The van der Waals surface area contributed by atoms with Crippen molar-refractivity contribution in [3.8, 4) is 5.75 Å². The summed E-state index contributed by atoms with van der Waals surface area (Å²) in [4.78, 5) is 15.8. The number of carbonyl (C=O) groups excluding carboxylic acids is 1. The van der Waals surface area contributed by atoms with Gasteiger partial charge in [0.05, 0.1) is 19.1 Å². The van der Waals surface area contributed by atoms with Crippen LogP contribution in [0.25, 0.3) is 0 Å². The molecule has 1 aromatic heterocycles. The van der Waals surface area contributed by atoms with E-state index in [4.69, 9.17) is 10.5 Å². The fourth-order valence-corrected chi connectivity index (χ4v) is 1.70. The number of nitrogen functional groups attached to an aromatic ring is 1. The number of benzene rings is 1. The fourth-order valence-electron chi connectivity index (χ4n) is 1.70. The number of methoxy groups -OCH3 is 1. The lowest BCUT2D eigenvalue weighted by Crippen LogP contribution is -2.27. The number of nitrogens with two attached hydrogens (primary N) is 1. The highest BCUT2D eigenvalue weighted by molar-refractivity contribution is 5.95. The molecule has 0 aliphatic rings. The summed E-state index contributed by atoms with van der Waals surface area (Å²) in [6.45, 7) is 1.21. The van der Waals surface area contributed by atoms with Crippen LogP contribution in [0.2, 0.25) is 0 Å². The van der Waals surface area contributed by atoms with Crippen molar-refractivity contribution < 1.29 is 9.53 Å². The monoisotopic (exact) mass is 260 g/mol. The minimum absolute atomic E-state index is 0.158. The van der Waals surface area contributed by atoms with Crippen LogP contribution >= 0.6 is 0 Å². The summed E-state index contributed by atoms with van der Waals surface area (Å²) in [5.74, 6) is 0.407. The number of nitrogens with zero attached hydrogens (tertiary/aromatic N) is 2. The van der Waals surface area contributed by atoms with E-state index in [1.54, 1.807) is 30.7 Å². The maximum absolute atomic E-state index is 11.9. The van der Waals surface area contributed by atoms with Gasteiger partial charge >= 0.3 is 0 Å². The molecule has 1 heterocycles. The van der Waals surface area contributed by atoms with Crippen molar-refractivity contribution in [1.29, 1.82) is 0 Å². The second-order valence-corrected chi connectivity index (χ2v) is 4.01. The highest BCUT2D eigenvalue weighted by Crippen LogP contribution is 2.21. The Labute approximate surface area is 111 Å². The lowest BCUT2D eigenvalue weighted by atomic mass is 10.2. The number of imidazole rings is 1. The van der Waals surface area contributed by atoms with Crippen molar-refractivity contribution in [2.75, 3.05) is 19.4 Å². The van der Waals surface area contributed by atoms with Crippen LogP contribution in [0.15, 0.2) is 36.9 Å². The Morgan fingerprint density at radius 2 is 2.37 bits per heavy atom. The summed E-state index contributed by atoms with van der Waals surface area (Å²) >= 11 is 0. The molecule has 0 spiro atoms. The van der Waals surface area contributed by atoms with Crippen LogP contribution in [0.4, 0.5) is 5.69 Å². The van der Waals surface area contributed by atoms with Gasteiger partial charge in [0.25, 0.3) is 5.91 Å². The van der Waals surface area contributed by atoms with Crippen LogP contribution in [0.5, 0.6) is 5.75 Å². The van der Waals surface area contributed by atoms with E-state index in [9.17, 15) is 4.79 Å². The average molecular weight is 260 g/mol. The first kappa shape index (κ1) is 12.9. The smallest absolute Gasteiger partial charge is 0.251 e. The molecule has 1 aromatic carbocycles. The van der Waals surface area contributed by atoms with E-state index in [1.165, 1.54) is 7.11 Å². The third-order valence-corrected chi connectivity index (χ3v) is 2.71. The van der Waals surface area contributed by atoms with Gasteiger partial charge in [0.1, 0.15) is 5.75 Å². The molecule has 6 heteroatoms. The predicted octanol–water partition coefficient (Wildman–Crippen LogP) is 0.904. The Morgan fingerprint density at radius 3 is 3.00 bits per heavy atom. The van der Waals surface area contributed by atoms with E-state index >= 15 is 0 Å². The molecule has 0 saturated carbocycles. The van der Waals surface area contributed by atoms with Gasteiger partial charge in [-0.1, -0.05) is 0 Å². The molecule has 3 N–H and O–H groups in total. The van der Waals surface area contributed by atoms with Gasteiger partial charge in [-0.3, -0.25) is 4.79 Å². The molecule has 0 atom stereocenters. The van der Waals surface area contributed by atoms with Gasteiger partial charge in [0.2, 0.25) is 0 Å². The molecule has 1 amide bonds. The third-order valence-electron chi connectivity index (χ3n) is 2.71. The van der Waals surface area contributed by atoms with Gasteiger partial charge < -0.3 is 20.4 Å². The Kier molecular flexibility index (Phi) is 4.02. The second kappa shape index (κ2) is 5.90. The minimum Gasteiger partial charge on any atom is -0.495 e. The molecule has 0 unspecified atom stereocenters. The first-order chi connectivity index (χ1) is 9.20. The van der Waals surface area contributed by atoms with Crippen LogP contribution in [-0.2, 0) is 6.54 Å². The van der Waals surface area contributed by atoms with Crippen molar-refractivity contribution in [2.24, 2.45) is 0 Å². The lowest BCUT2D eigenvalue weighted by Gasteiger charge is -2.08. The average Bonchev–Trinajstić information content (AvgIpc) is 2.91. The van der Waals surface area contributed by atoms with Crippen LogP contribution in [0.1, 0.15) is 10.4 Å². The Balaban J connectivity index is 1.91. The van der Waals surface area contributed by atoms with Gasteiger partial charge in [0.15, 0.2) is 0 Å². The number of hydrogen-bond donors (Lipinski definition) is 2. The predicted molar refractivity (Wildman–Crippen MR) is 72.0 cm³/mol. The molecule has 0 fully saturated rings. The van der Waals surface area contributed by atoms with Crippen LogP contribution in [0, 0.1) is 0 Å². The summed E-state index contributed by atoms with van der Waals surface area (Å²) in [6.07, 6.45) is 5.25. The van der Waals surface area contributed by atoms with Crippen LogP contribution in [-0.4, -0.2) is 29.1 Å². The van der Waals surface area contributed by atoms with E-state index in [1.807, 2.05) is 10.8 Å². The molecule has 6 nitrogen and oxygen atoms in total. The maximum atomic E-state index is 11.9. The van der Waals surface area contributed by atoms with E-state index < -0.39 is 0 Å². The van der Waals surface area contributed by atoms with Gasteiger partial charge in [-0.05, 0) is 18.2 Å². The fraction of sp³-hybridized carbons (Fsp3) is 0.231. The number of aromatic nitrogens is 2. The second-order valence-electron chi connectivity index (χ2n) is 4.01. The number of ether oxygens (including phenoxy) is 1. The Hall–Kier alpha value is -2.50. The zero-order valence-corrected chi connectivity index (χ0v) is 10.7. The van der Waals surface area contributed by atoms with Gasteiger partial charge in [-0.2, -0.15) is 0 Å². The molecule has 0 aliphatic heterocycles. The summed E-state index contributed by atoms with van der Waals surface area (Å²) in [6, 6.07) is 4.97. The van der Waals surface area contributed by atoms with E-state index in [-0.39, 0.29) is 5.91 Å². The number of hydrogen-bond acceptors (Lipinski definition) is 4. The SMILES string of the molecule is COc1ccc(C(=O)NCCn2ccnc2)cc1N. The third kappa shape index (κ3) is 3.25. The van der Waals surface area contributed by atoms with Crippen LogP contribution < -0.4 is 15.8 Å². The number of rotatable bonds is 5. The van der Waals surface area contributed by atoms with Crippen molar-refractivity contribution in [1.82, 2.24) is 14.9 Å². The largest absolute Gasteiger partial charge is 0.495 e. The minimum atomic E-state index is -0.158. The van der Waals surface area contributed by atoms with E-state index in [2.05, 4.69) is 10.3 Å². The first-order valence-corrected chi connectivity index (χ1v) is 5.88. The number of nitrogens with one attached hydrogen (secondary N) is 1. The topological polar surface area (TPSA) is 82.2 Å². The zero-order valence-electron chi connectivity index (χ0n) is 10.7. The number of anilines is 1. The van der Waals surface area contributed by atoms with Crippen molar-refractivity contribution >= 4 is 11.6 Å². The number of amides is 1. The molecule has 19 heavy (non-hydrogen) atoms. The van der Waals surface area contributed by atoms with E-state index in [0.717, 1.165) is 0 Å². The number of carbonyl (C=O) groups is 1. The van der Waals surface area contributed by atoms with Crippen molar-refractivity contribution in [3.05, 3.63) is 42.5 Å². The Bertz CT molecular complexity index is 552. The summed E-state index contributed by atoms with van der Waals surface area (Å²) < 4.78 is 6.93. The van der Waals surface area contributed by atoms with Gasteiger partial charge in [0, 0.05) is 31.0 Å². The van der Waals surface area contributed by atoms with E-state index in [0.29, 0.717) is 30.1 Å². The zero-order chi connectivity index (χ0) is 13.7. The highest BCUT2D eigenvalue weighted by Gasteiger charge is 2.07. The molecule has 2 aromatic rings. The molecule has 0 aliphatic carbocycles. The summed E-state index contributed by atoms with van der Waals surface area (Å²) in [7, 11) is 1.54.